The topological polar surface area (TPSA) is 152 Å². The van der Waals surface area contributed by atoms with Crippen LogP contribution in [-0.2, 0) is 34.8 Å². The molecule has 0 saturated heterocycles. The number of rotatable bonds is 0. The molecule has 4 rings (SSSR count). The highest BCUT2D eigenvalue weighted by molar-refractivity contribution is 6.27. The number of pyridine rings is 2. The zero-order valence-corrected chi connectivity index (χ0v) is 17.3. The molecule has 0 saturated carbocycles. The van der Waals surface area contributed by atoms with Crippen LogP contribution in [0.15, 0.2) is 24.3 Å². The third-order valence-electron chi connectivity index (χ3n) is 4.97. The van der Waals surface area contributed by atoms with E-state index in [-0.39, 0.29) is 12.1 Å². The number of aryl methyl sites for hydroxylation is 2. The standard InChI is InChI=1S/2C9H9F3N2.C2H2O4/c2*10-9(11,12)8-4-1-5-6(13)2-3-7(5)14-8;3-1(4)2(5)6/h2*1,4,6H,2-3,13H2;(H,3,4)(H,5,6). The van der Waals surface area contributed by atoms with Crippen molar-refractivity contribution in [3.63, 3.8) is 0 Å². The lowest BCUT2D eigenvalue weighted by atomic mass is 10.1. The van der Waals surface area contributed by atoms with Crippen LogP contribution in [-0.4, -0.2) is 32.1 Å². The summed E-state index contributed by atoms with van der Waals surface area (Å²) >= 11 is 0. The Morgan fingerprint density at radius 3 is 1.32 bits per heavy atom. The van der Waals surface area contributed by atoms with Gasteiger partial charge in [-0.15, -0.1) is 0 Å². The maximum atomic E-state index is 12.3. The van der Waals surface area contributed by atoms with Crippen molar-refractivity contribution in [3.05, 3.63) is 58.2 Å². The lowest BCUT2D eigenvalue weighted by molar-refractivity contribution is -0.159. The molecule has 2 unspecified atom stereocenters. The number of aromatic nitrogens is 2. The van der Waals surface area contributed by atoms with Gasteiger partial charge in [-0.3, -0.25) is 0 Å². The monoisotopic (exact) mass is 494 g/mol. The van der Waals surface area contributed by atoms with E-state index >= 15 is 0 Å². The number of alkyl halides is 6. The van der Waals surface area contributed by atoms with Gasteiger partial charge in [0.1, 0.15) is 11.4 Å². The predicted molar refractivity (Wildman–Crippen MR) is 104 cm³/mol. The van der Waals surface area contributed by atoms with Gasteiger partial charge in [-0.05, 0) is 48.9 Å². The second-order valence-electron chi connectivity index (χ2n) is 7.36. The van der Waals surface area contributed by atoms with E-state index in [9.17, 15) is 26.3 Å². The predicted octanol–water partition coefficient (Wildman–Crippen LogP) is 3.25. The van der Waals surface area contributed by atoms with Gasteiger partial charge in [0.05, 0.1) is 0 Å². The van der Waals surface area contributed by atoms with Gasteiger partial charge in [-0.25, -0.2) is 19.6 Å². The first-order chi connectivity index (χ1) is 15.6. The van der Waals surface area contributed by atoms with Crippen LogP contribution in [0.5, 0.6) is 0 Å². The lowest BCUT2D eigenvalue weighted by Gasteiger charge is -2.08. The van der Waals surface area contributed by atoms with Gasteiger partial charge in [-0.2, -0.15) is 26.3 Å². The molecule has 0 aliphatic heterocycles. The molecule has 8 nitrogen and oxygen atoms in total. The molecule has 186 valence electrons. The van der Waals surface area contributed by atoms with Crippen molar-refractivity contribution >= 4 is 11.9 Å². The number of hydrogen-bond acceptors (Lipinski definition) is 6. The first kappa shape index (κ1) is 27.0. The van der Waals surface area contributed by atoms with Gasteiger partial charge >= 0.3 is 24.3 Å². The summed E-state index contributed by atoms with van der Waals surface area (Å²) in [7, 11) is 0. The number of fused-ring (bicyclic) bond motifs is 2. The SMILES string of the molecule is NC1CCc2nc(C(F)(F)F)ccc21.NC1CCc2nc(C(F)(F)F)ccc21.O=C(O)C(=O)O. The molecule has 14 heteroatoms. The molecule has 0 spiro atoms. The second kappa shape index (κ2) is 10.3. The minimum atomic E-state index is -4.36. The van der Waals surface area contributed by atoms with Crippen LogP contribution >= 0.6 is 0 Å². The third-order valence-corrected chi connectivity index (χ3v) is 4.97. The minimum absolute atomic E-state index is 0.153. The van der Waals surface area contributed by atoms with Crippen LogP contribution in [0.4, 0.5) is 26.3 Å². The van der Waals surface area contributed by atoms with Gasteiger partial charge in [-0.1, -0.05) is 12.1 Å². The number of aliphatic carboxylic acids is 2. The fourth-order valence-corrected chi connectivity index (χ4v) is 3.31. The zero-order chi connectivity index (χ0) is 25.8. The highest BCUT2D eigenvalue weighted by atomic mass is 19.4. The number of nitrogens with zero attached hydrogens (tertiary/aromatic N) is 2. The summed E-state index contributed by atoms with van der Waals surface area (Å²) in [5.41, 5.74) is 12.2. The van der Waals surface area contributed by atoms with Crippen molar-refractivity contribution in [2.45, 2.75) is 50.1 Å². The summed E-state index contributed by atoms with van der Waals surface area (Å²) in [4.78, 5) is 25.3. The molecule has 2 heterocycles. The summed E-state index contributed by atoms with van der Waals surface area (Å²) in [5, 5.41) is 14.8. The van der Waals surface area contributed by atoms with Crippen LogP contribution in [0.25, 0.3) is 0 Å². The van der Waals surface area contributed by atoms with Crippen LogP contribution in [0.1, 0.15) is 58.8 Å². The van der Waals surface area contributed by atoms with Crippen LogP contribution in [0.3, 0.4) is 0 Å². The van der Waals surface area contributed by atoms with Crippen molar-refractivity contribution in [1.82, 2.24) is 9.97 Å². The van der Waals surface area contributed by atoms with E-state index in [1.54, 1.807) is 0 Å². The molecule has 34 heavy (non-hydrogen) atoms. The highest BCUT2D eigenvalue weighted by Gasteiger charge is 2.35. The lowest BCUT2D eigenvalue weighted by Crippen LogP contribution is -2.10. The Bertz CT molecular complexity index is 975. The Labute approximate surface area is 188 Å². The maximum Gasteiger partial charge on any atom is 0.433 e. The number of carboxylic acids is 2. The molecule has 0 fully saturated rings. The average Bonchev–Trinajstić information content (AvgIpc) is 3.30. The van der Waals surface area contributed by atoms with Crippen LogP contribution < -0.4 is 11.5 Å². The zero-order valence-electron chi connectivity index (χ0n) is 17.3. The Morgan fingerprint density at radius 1 is 0.735 bits per heavy atom. The Hall–Kier alpha value is -3.26. The number of carboxylic acid groups (broad SMARTS) is 2. The van der Waals surface area contributed by atoms with Crippen molar-refractivity contribution in [1.29, 1.82) is 0 Å². The van der Waals surface area contributed by atoms with E-state index in [0.717, 1.165) is 23.3 Å². The summed E-state index contributed by atoms with van der Waals surface area (Å²) in [5.74, 6) is -3.65. The van der Waals surface area contributed by atoms with Gasteiger partial charge in [0.2, 0.25) is 0 Å². The molecule has 2 aliphatic rings. The van der Waals surface area contributed by atoms with Crippen molar-refractivity contribution in [2.24, 2.45) is 11.5 Å². The second-order valence-corrected chi connectivity index (χ2v) is 7.36. The molecule has 0 bridgehead atoms. The first-order valence-electron chi connectivity index (χ1n) is 9.72. The van der Waals surface area contributed by atoms with E-state index < -0.39 is 35.7 Å². The molecule has 2 aliphatic carbocycles. The summed E-state index contributed by atoms with van der Waals surface area (Å²) in [6.45, 7) is 0. The van der Waals surface area contributed by atoms with E-state index in [1.165, 1.54) is 12.1 Å². The van der Waals surface area contributed by atoms with Gasteiger partial charge in [0.15, 0.2) is 0 Å². The fourth-order valence-electron chi connectivity index (χ4n) is 3.31. The fraction of sp³-hybridized carbons (Fsp3) is 0.400. The summed E-state index contributed by atoms with van der Waals surface area (Å²) in [6.07, 6.45) is -6.27. The van der Waals surface area contributed by atoms with Gasteiger partial charge in [0.25, 0.3) is 0 Å². The highest BCUT2D eigenvalue weighted by Crippen LogP contribution is 2.34. The largest absolute Gasteiger partial charge is 0.473 e. The minimum Gasteiger partial charge on any atom is -0.473 e. The van der Waals surface area contributed by atoms with Crippen molar-refractivity contribution in [2.75, 3.05) is 0 Å². The van der Waals surface area contributed by atoms with Crippen LogP contribution in [0, 0.1) is 0 Å². The molecule has 6 N–H and O–H groups in total. The van der Waals surface area contributed by atoms with E-state index in [0.29, 0.717) is 37.1 Å². The number of halogens is 6. The number of hydrogen-bond donors (Lipinski definition) is 4. The summed E-state index contributed by atoms with van der Waals surface area (Å²) in [6, 6.07) is 4.54. The molecule has 0 amide bonds. The van der Waals surface area contributed by atoms with Crippen molar-refractivity contribution in [3.8, 4) is 0 Å². The van der Waals surface area contributed by atoms with Gasteiger partial charge < -0.3 is 21.7 Å². The Kier molecular flexibility index (Phi) is 8.21. The van der Waals surface area contributed by atoms with Crippen LogP contribution in [0.2, 0.25) is 0 Å². The molecule has 2 atom stereocenters. The van der Waals surface area contributed by atoms with Gasteiger partial charge in [0, 0.05) is 23.5 Å². The number of nitrogens with two attached hydrogens (primary N) is 2. The smallest absolute Gasteiger partial charge is 0.433 e. The molecule has 2 aromatic heterocycles. The average molecular weight is 494 g/mol. The number of carbonyl (C=O) groups is 2. The first-order valence-corrected chi connectivity index (χ1v) is 9.72. The van der Waals surface area contributed by atoms with E-state index in [2.05, 4.69) is 9.97 Å². The van der Waals surface area contributed by atoms with E-state index in [4.69, 9.17) is 31.3 Å². The van der Waals surface area contributed by atoms with Crippen molar-refractivity contribution < 1.29 is 46.1 Å². The quantitative estimate of drug-likeness (QED) is 0.322. The molecule has 0 aromatic carbocycles. The molecular formula is C20H20F6N4O4. The maximum absolute atomic E-state index is 12.3. The normalized spacial score (nSPS) is 18.6. The Morgan fingerprint density at radius 2 is 1.06 bits per heavy atom. The molecule has 2 aromatic rings. The Balaban J connectivity index is 0.000000196. The third kappa shape index (κ3) is 6.87. The van der Waals surface area contributed by atoms with E-state index in [1.807, 2.05) is 0 Å². The molecule has 0 radical (unpaired) electrons. The summed E-state index contributed by atoms with van der Waals surface area (Å²) < 4.78 is 73.6. The molecular weight excluding hydrogens is 474 g/mol.